The number of rotatable bonds is 2. The SMILES string of the molecule is C/C=C\C(O)C1C(C)=CCCC1(C)C. The van der Waals surface area contributed by atoms with Crippen molar-refractivity contribution in [2.75, 3.05) is 0 Å². The molecule has 1 aliphatic rings. The monoisotopic (exact) mass is 194 g/mol. The van der Waals surface area contributed by atoms with Crippen molar-refractivity contribution in [3.05, 3.63) is 23.8 Å². The maximum Gasteiger partial charge on any atom is 0.0791 e. The molecule has 0 aromatic rings. The third-order valence-corrected chi connectivity index (χ3v) is 3.32. The Hall–Kier alpha value is -0.560. The minimum Gasteiger partial charge on any atom is -0.388 e. The van der Waals surface area contributed by atoms with Crippen molar-refractivity contribution in [1.29, 1.82) is 0 Å². The molecule has 0 aromatic heterocycles. The molecule has 0 aliphatic heterocycles. The van der Waals surface area contributed by atoms with Crippen LogP contribution < -0.4 is 0 Å². The van der Waals surface area contributed by atoms with E-state index < -0.39 is 0 Å². The van der Waals surface area contributed by atoms with Crippen molar-refractivity contribution >= 4 is 0 Å². The van der Waals surface area contributed by atoms with Crippen molar-refractivity contribution < 1.29 is 5.11 Å². The normalized spacial score (nSPS) is 28.9. The van der Waals surface area contributed by atoms with E-state index >= 15 is 0 Å². The van der Waals surface area contributed by atoms with Gasteiger partial charge < -0.3 is 5.11 Å². The van der Waals surface area contributed by atoms with Gasteiger partial charge in [-0.05, 0) is 32.1 Å². The van der Waals surface area contributed by atoms with E-state index in [1.165, 1.54) is 12.0 Å². The van der Waals surface area contributed by atoms with Crippen LogP contribution >= 0.6 is 0 Å². The molecule has 80 valence electrons. The molecule has 0 amide bonds. The first kappa shape index (κ1) is 11.5. The predicted molar refractivity (Wildman–Crippen MR) is 61.1 cm³/mol. The second-order valence-corrected chi connectivity index (χ2v) is 4.97. The summed E-state index contributed by atoms with van der Waals surface area (Å²) in [6, 6.07) is 0. The molecule has 0 spiro atoms. The largest absolute Gasteiger partial charge is 0.388 e. The topological polar surface area (TPSA) is 20.2 Å². The van der Waals surface area contributed by atoms with E-state index in [4.69, 9.17) is 0 Å². The fourth-order valence-corrected chi connectivity index (χ4v) is 2.61. The highest BCUT2D eigenvalue weighted by atomic mass is 16.3. The molecule has 1 nitrogen and oxygen atoms in total. The van der Waals surface area contributed by atoms with Gasteiger partial charge in [-0.3, -0.25) is 0 Å². The summed E-state index contributed by atoms with van der Waals surface area (Å²) in [4.78, 5) is 0. The molecule has 1 heteroatoms. The molecule has 0 aromatic carbocycles. The number of hydrogen-bond acceptors (Lipinski definition) is 1. The van der Waals surface area contributed by atoms with Crippen LogP contribution in [0.1, 0.15) is 40.5 Å². The summed E-state index contributed by atoms with van der Waals surface area (Å²) in [5, 5.41) is 10.1. The van der Waals surface area contributed by atoms with Crippen LogP contribution in [0.4, 0.5) is 0 Å². The van der Waals surface area contributed by atoms with Crippen molar-refractivity contribution in [1.82, 2.24) is 0 Å². The summed E-state index contributed by atoms with van der Waals surface area (Å²) in [6.07, 6.45) is 8.09. The van der Waals surface area contributed by atoms with Gasteiger partial charge in [-0.15, -0.1) is 0 Å². The Morgan fingerprint density at radius 3 is 2.71 bits per heavy atom. The van der Waals surface area contributed by atoms with Gasteiger partial charge in [0.25, 0.3) is 0 Å². The van der Waals surface area contributed by atoms with Crippen LogP contribution in [0.5, 0.6) is 0 Å². The second-order valence-electron chi connectivity index (χ2n) is 4.97. The average molecular weight is 194 g/mol. The molecule has 0 bridgehead atoms. The predicted octanol–water partition coefficient (Wildman–Crippen LogP) is 3.31. The third-order valence-electron chi connectivity index (χ3n) is 3.32. The molecule has 0 saturated carbocycles. The quantitative estimate of drug-likeness (QED) is 0.669. The van der Waals surface area contributed by atoms with E-state index in [9.17, 15) is 5.11 Å². The minimum absolute atomic E-state index is 0.220. The standard InChI is InChI=1S/C13H22O/c1-5-7-11(14)12-10(2)8-6-9-13(12,3)4/h5,7-8,11-12,14H,6,9H2,1-4H3/b7-5-. The van der Waals surface area contributed by atoms with E-state index in [-0.39, 0.29) is 17.4 Å². The van der Waals surface area contributed by atoms with Crippen molar-refractivity contribution in [3.8, 4) is 0 Å². The highest BCUT2D eigenvalue weighted by molar-refractivity contribution is 5.16. The lowest BCUT2D eigenvalue weighted by Crippen LogP contribution is -2.36. The van der Waals surface area contributed by atoms with Gasteiger partial charge in [0.2, 0.25) is 0 Å². The van der Waals surface area contributed by atoms with Crippen LogP contribution in [0, 0.1) is 11.3 Å². The minimum atomic E-state index is -0.327. The van der Waals surface area contributed by atoms with Gasteiger partial charge >= 0.3 is 0 Å². The van der Waals surface area contributed by atoms with Crippen molar-refractivity contribution in [2.24, 2.45) is 11.3 Å². The van der Waals surface area contributed by atoms with Crippen LogP contribution in [-0.4, -0.2) is 11.2 Å². The molecule has 1 N–H and O–H groups in total. The van der Waals surface area contributed by atoms with Gasteiger partial charge in [0.05, 0.1) is 6.10 Å². The van der Waals surface area contributed by atoms with Crippen LogP contribution in [0.3, 0.4) is 0 Å². The van der Waals surface area contributed by atoms with Crippen LogP contribution in [0.2, 0.25) is 0 Å². The maximum atomic E-state index is 10.1. The van der Waals surface area contributed by atoms with Gasteiger partial charge in [-0.25, -0.2) is 0 Å². The lowest BCUT2D eigenvalue weighted by molar-refractivity contribution is 0.0784. The fraction of sp³-hybridized carbons (Fsp3) is 0.692. The Morgan fingerprint density at radius 1 is 1.57 bits per heavy atom. The number of hydrogen-bond donors (Lipinski definition) is 1. The summed E-state index contributed by atoms with van der Waals surface area (Å²) >= 11 is 0. The summed E-state index contributed by atoms with van der Waals surface area (Å²) in [5.74, 6) is 0.285. The molecule has 0 heterocycles. The van der Waals surface area contributed by atoms with Crippen LogP contribution in [0.25, 0.3) is 0 Å². The molecule has 2 unspecified atom stereocenters. The molecular formula is C13H22O. The summed E-state index contributed by atoms with van der Waals surface area (Å²) in [6.45, 7) is 8.60. The molecule has 0 fully saturated rings. The lowest BCUT2D eigenvalue weighted by Gasteiger charge is -2.40. The Labute approximate surface area is 87.5 Å². The summed E-state index contributed by atoms with van der Waals surface area (Å²) in [7, 11) is 0. The summed E-state index contributed by atoms with van der Waals surface area (Å²) in [5.41, 5.74) is 1.56. The third kappa shape index (κ3) is 2.27. The first-order chi connectivity index (χ1) is 6.49. The molecule has 1 aliphatic carbocycles. The highest BCUT2D eigenvalue weighted by Crippen LogP contribution is 2.42. The molecular weight excluding hydrogens is 172 g/mol. The van der Waals surface area contributed by atoms with E-state index in [0.717, 1.165) is 6.42 Å². The first-order valence-corrected chi connectivity index (χ1v) is 5.46. The van der Waals surface area contributed by atoms with Crippen molar-refractivity contribution in [3.63, 3.8) is 0 Å². The smallest absolute Gasteiger partial charge is 0.0791 e. The number of allylic oxidation sites excluding steroid dienone is 2. The lowest BCUT2D eigenvalue weighted by atomic mass is 9.66. The Bertz CT molecular complexity index is 248. The fourth-order valence-electron chi connectivity index (χ4n) is 2.61. The zero-order chi connectivity index (χ0) is 10.8. The Kier molecular flexibility index (Phi) is 3.54. The van der Waals surface area contributed by atoms with Crippen LogP contribution in [0.15, 0.2) is 23.8 Å². The molecule has 1 rings (SSSR count). The number of aliphatic hydroxyl groups is 1. The van der Waals surface area contributed by atoms with E-state index in [2.05, 4.69) is 26.8 Å². The zero-order valence-corrected chi connectivity index (χ0v) is 9.75. The molecule has 2 atom stereocenters. The molecule has 14 heavy (non-hydrogen) atoms. The van der Waals surface area contributed by atoms with E-state index in [1.54, 1.807) is 0 Å². The molecule has 0 radical (unpaired) electrons. The van der Waals surface area contributed by atoms with Gasteiger partial charge in [0, 0.05) is 5.92 Å². The van der Waals surface area contributed by atoms with E-state index in [0.29, 0.717) is 0 Å². The highest BCUT2D eigenvalue weighted by Gasteiger charge is 2.36. The molecule has 0 saturated heterocycles. The van der Waals surface area contributed by atoms with Gasteiger partial charge in [0.1, 0.15) is 0 Å². The van der Waals surface area contributed by atoms with Gasteiger partial charge in [0.15, 0.2) is 0 Å². The van der Waals surface area contributed by atoms with Crippen molar-refractivity contribution in [2.45, 2.75) is 46.6 Å². The Morgan fingerprint density at radius 2 is 2.21 bits per heavy atom. The average Bonchev–Trinajstić information content (AvgIpc) is 2.02. The second kappa shape index (κ2) is 4.31. The maximum absolute atomic E-state index is 10.1. The zero-order valence-electron chi connectivity index (χ0n) is 9.75. The van der Waals surface area contributed by atoms with Crippen LogP contribution in [-0.2, 0) is 0 Å². The summed E-state index contributed by atoms with van der Waals surface area (Å²) < 4.78 is 0. The van der Waals surface area contributed by atoms with Gasteiger partial charge in [-0.2, -0.15) is 0 Å². The number of aliphatic hydroxyl groups excluding tert-OH is 1. The Balaban J connectivity index is 2.91. The van der Waals surface area contributed by atoms with E-state index in [1.807, 2.05) is 19.1 Å². The van der Waals surface area contributed by atoms with Gasteiger partial charge in [-0.1, -0.05) is 37.6 Å². The first-order valence-electron chi connectivity index (χ1n) is 5.46.